The summed E-state index contributed by atoms with van der Waals surface area (Å²) in [6.45, 7) is 0. The minimum atomic E-state index is -4.29. The maximum Gasteiger partial charge on any atom is 0.506 e. The fraction of sp³-hybridized carbons (Fsp3) is 0.118. The number of carboxylic acids is 1. The molecule has 16 heteroatoms. The molecule has 0 radical (unpaired) electrons. The van der Waals surface area contributed by atoms with Crippen molar-refractivity contribution in [1.29, 1.82) is 0 Å². The number of nitrogens with one attached hydrogen (secondary N) is 2. The molecule has 4 amide bonds. The van der Waals surface area contributed by atoms with Crippen LogP contribution in [0.15, 0.2) is 106 Å². The van der Waals surface area contributed by atoms with E-state index in [0.29, 0.717) is 34.5 Å². The highest BCUT2D eigenvalue weighted by Gasteiger charge is 2.47. The third-order valence-corrected chi connectivity index (χ3v) is 9.42. The summed E-state index contributed by atoms with van der Waals surface area (Å²) in [5, 5.41) is 11.9. The van der Waals surface area contributed by atoms with E-state index in [0.717, 1.165) is 4.90 Å². The molecule has 3 aromatic carbocycles. The van der Waals surface area contributed by atoms with Crippen molar-refractivity contribution in [3.8, 4) is 11.1 Å². The highest BCUT2D eigenvalue weighted by molar-refractivity contribution is 7.92. The number of furan rings is 1. The third-order valence-electron chi connectivity index (χ3n) is 8.02. The Labute approximate surface area is 282 Å². The number of rotatable bonds is 10. The van der Waals surface area contributed by atoms with Crippen molar-refractivity contribution in [2.75, 3.05) is 16.7 Å². The molecule has 50 heavy (non-hydrogen) atoms. The van der Waals surface area contributed by atoms with Gasteiger partial charge in [-0.1, -0.05) is 24.3 Å². The zero-order valence-corrected chi connectivity index (χ0v) is 26.7. The van der Waals surface area contributed by atoms with Gasteiger partial charge in [-0.05, 0) is 59.7 Å². The molecule has 2 aliphatic rings. The Balaban J connectivity index is 1.14. The highest BCUT2D eigenvalue weighted by Crippen LogP contribution is 2.27. The monoisotopic (exact) mass is 702 g/mol. The van der Waals surface area contributed by atoms with Crippen LogP contribution in [0.2, 0.25) is 0 Å². The number of benzene rings is 3. The van der Waals surface area contributed by atoms with E-state index < -0.39 is 68.7 Å². The molecule has 2 atom stereocenters. The largest absolute Gasteiger partial charge is 0.506 e. The summed E-state index contributed by atoms with van der Waals surface area (Å²) in [6.07, 6.45) is 7.05. The number of carbonyl (C=O) groups excluding carboxylic acids is 3. The standard InChI is InChI=1S/C34H25F2N5O8S/c1-40-29-17-37-12-10-25(29)32(43)41(34(40)46)23-6-2-19(3-7-23)14-28(33(44)45)38-31(42)30-26(35)15-22(16-27(30)36)39-50(47,48)24-8-4-20(5-9-24)21-11-13-49-18-21/h2-13,15-18,25,28H,14H2,1H3,(H2-,38,39,42,44,45)/p+1/t25?,28-/m0/s1. The summed E-state index contributed by atoms with van der Waals surface area (Å²) >= 11 is 0. The molecule has 0 bridgehead atoms. The van der Waals surface area contributed by atoms with Gasteiger partial charge >= 0.3 is 17.9 Å². The predicted octanol–water partition coefficient (Wildman–Crippen LogP) is 4.22. The van der Waals surface area contributed by atoms with Crippen molar-refractivity contribution in [2.24, 2.45) is 10.9 Å². The van der Waals surface area contributed by atoms with Gasteiger partial charge in [-0.25, -0.2) is 26.8 Å². The zero-order valence-electron chi connectivity index (χ0n) is 25.9. The molecule has 0 fully saturated rings. The van der Waals surface area contributed by atoms with Gasteiger partial charge in [0.1, 0.15) is 40.6 Å². The van der Waals surface area contributed by atoms with Crippen molar-refractivity contribution in [2.45, 2.75) is 17.4 Å². The van der Waals surface area contributed by atoms with Crippen molar-refractivity contribution in [3.63, 3.8) is 0 Å². The average molecular weight is 703 g/mol. The lowest BCUT2D eigenvalue weighted by Gasteiger charge is -2.24. The van der Waals surface area contributed by atoms with E-state index in [1.165, 1.54) is 85.1 Å². The Morgan fingerprint density at radius 1 is 1.02 bits per heavy atom. The van der Waals surface area contributed by atoms with Gasteiger partial charge < -0.3 is 14.8 Å². The lowest BCUT2D eigenvalue weighted by molar-refractivity contribution is -0.392. The van der Waals surface area contributed by atoms with E-state index in [1.54, 1.807) is 12.1 Å². The Morgan fingerprint density at radius 3 is 2.32 bits per heavy atom. The van der Waals surface area contributed by atoms with Crippen LogP contribution in [0.4, 0.5) is 25.0 Å². The number of hydrogen-bond donors (Lipinski definition) is 3. The molecule has 4 aromatic rings. The number of sulfonamides is 1. The zero-order chi connectivity index (χ0) is 35.7. The number of anilines is 2. The van der Waals surface area contributed by atoms with Crippen LogP contribution in [0.3, 0.4) is 0 Å². The lowest BCUT2D eigenvalue weighted by Crippen LogP contribution is -2.54. The molecular formula is C34H26F2N5O8S+. The topological polar surface area (TPSA) is 178 Å². The summed E-state index contributed by atoms with van der Waals surface area (Å²) in [5.74, 6) is -7.01. The second kappa shape index (κ2) is 13.3. The van der Waals surface area contributed by atoms with Gasteiger partial charge in [0, 0.05) is 18.2 Å². The minimum absolute atomic E-state index is 0.199. The normalized spacial score (nSPS) is 16.3. The first-order chi connectivity index (χ1) is 23.8. The van der Waals surface area contributed by atoms with E-state index in [1.807, 2.05) is 0 Å². The van der Waals surface area contributed by atoms with Crippen molar-refractivity contribution >= 4 is 57.1 Å². The van der Waals surface area contributed by atoms with Crippen LogP contribution in [0.5, 0.6) is 0 Å². The summed E-state index contributed by atoms with van der Waals surface area (Å²) in [7, 11) is -2.79. The van der Waals surface area contributed by atoms with Crippen LogP contribution >= 0.6 is 0 Å². The fourth-order valence-corrected chi connectivity index (χ4v) is 6.48. The number of nitrogens with zero attached hydrogens (tertiary/aromatic N) is 3. The molecule has 0 saturated heterocycles. The molecule has 0 saturated carbocycles. The number of aliphatic imine (C=N–C) groups is 1. The van der Waals surface area contributed by atoms with Crippen LogP contribution < -0.4 is 14.9 Å². The van der Waals surface area contributed by atoms with Crippen LogP contribution in [-0.2, 0) is 26.0 Å². The number of carbonyl (C=O) groups is 4. The number of urea groups is 1. The molecule has 254 valence electrons. The summed E-state index contributed by atoms with van der Waals surface area (Å²) in [6, 6.07) is 12.0. The Bertz CT molecular complexity index is 2210. The number of amides is 4. The van der Waals surface area contributed by atoms with Gasteiger partial charge in [-0.15, -0.1) is 4.90 Å². The molecule has 0 aliphatic carbocycles. The van der Waals surface area contributed by atoms with Crippen molar-refractivity contribution < 1.29 is 50.5 Å². The second-order valence-electron chi connectivity index (χ2n) is 11.2. The lowest BCUT2D eigenvalue weighted by atomic mass is 9.97. The maximum atomic E-state index is 15.1. The molecule has 3 N–H and O–H groups in total. The molecular weight excluding hydrogens is 676 g/mol. The summed E-state index contributed by atoms with van der Waals surface area (Å²) in [4.78, 5) is 55.8. The van der Waals surface area contributed by atoms with Crippen LogP contribution in [0.25, 0.3) is 11.1 Å². The smallest absolute Gasteiger partial charge is 0.480 e. The van der Waals surface area contributed by atoms with Crippen molar-refractivity contribution in [1.82, 2.24) is 5.32 Å². The average Bonchev–Trinajstić information content (AvgIpc) is 3.63. The fourth-order valence-electron chi connectivity index (χ4n) is 5.44. The summed E-state index contributed by atoms with van der Waals surface area (Å²) < 4.78 is 64.3. The van der Waals surface area contributed by atoms with Gasteiger partial charge in [-0.3, -0.25) is 14.5 Å². The van der Waals surface area contributed by atoms with Crippen LogP contribution in [-0.4, -0.2) is 66.9 Å². The molecule has 2 aliphatic heterocycles. The highest BCUT2D eigenvalue weighted by atomic mass is 32.2. The molecule has 3 heterocycles. The van der Waals surface area contributed by atoms with E-state index in [4.69, 9.17) is 4.42 Å². The number of aliphatic carboxylic acids is 1. The van der Waals surface area contributed by atoms with E-state index >= 15 is 8.78 Å². The quantitative estimate of drug-likeness (QED) is 0.206. The number of hydrogen-bond acceptors (Lipinski definition) is 8. The van der Waals surface area contributed by atoms with Crippen molar-refractivity contribution in [3.05, 3.63) is 114 Å². The maximum absolute atomic E-state index is 15.1. The van der Waals surface area contributed by atoms with Gasteiger partial charge in [0.05, 0.1) is 36.4 Å². The van der Waals surface area contributed by atoms with Crippen LogP contribution in [0.1, 0.15) is 15.9 Å². The van der Waals surface area contributed by atoms with Crippen LogP contribution in [0, 0.1) is 17.6 Å². The molecule has 1 aromatic heterocycles. The van der Waals surface area contributed by atoms with E-state index in [9.17, 15) is 32.7 Å². The van der Waals surface area contributed by atoms with Gasteiger partial charge in [0.2, 0.25) is 0 Å². The number of imide groups is 1. The van der Waals surface area contributed by atoms with Gasteiger partial charge in [-0.2, -0.15) is 9.37 Å². The first-order valence-corrected chi connectivity index (χ1v) is 16.3. The SMILES string of the molecule is C[N+]1=C2C=NC=CC2C(=O)N(c2ccc(C[C@H](NC(=O)c3c(F)cc(NS(=O)(=O)c4ccc(-c5ccoc5)cc4)cc3F)C(=O)O)cc2)C1=O. The first-order valence-electron chi connectivity index (χ1n) is 14.8. The van der Waals surface area contributed by atoms with Gasteiger partial charge in [0.25, 0.3) is 15.9 Å². The number of fused-ring (bicyclic) bond motifs is 1. The Kier molecular flexibility index (Phi) is 8.95. The number of halogens is 2. The molecule has 13 nitrogen and oxygen atoms in total. The first kappa shape index (κ1) is 33.6. The molecule has 6 rings (SSSR count). The second-order valence-corrected chi connectivity index (χ2v) is 12.9. The minimum Gasteiger partial charge on any atom is -0.480 e. The Hall–Kier alpha value is -6.29. The summed E-state index contributed by atoms with van der Waals surface area (Å²) in [5.41, 5.74) is 0.745. The number of carboxylic acid groups (broad SMARTS) is 1. The third kappa shape index (κ3) is 6.55. The van der Waals surface area contributed by atoms with E-state index in [-0.39, 0.29) is 17.0 Å². The van der Waals surface area contributed by atoms with Gasteiger partial charge in [0.15, 0.2) is 0 Å². The molecule has 1 unspecified atom stereocenters. The Morgan fingerprint density at radius 2 is 1.70 bits per heavy atom. The molecule has 0 spiro atoms. The van der Waals surface area contributed by atoms with E-state index in [2.05, 4.69) is 15.0 Å². The predicted molar refractivity (Wildman–Crippen MR) is 176 cm³/mol.